The van der Waals surface area contributed by atoms with Crippen molar-refractivity contribution in [1.82, 2.24) is 4.98 Å². The lowest BCUT2D eigenvalue weighted by molar-refractivity contribution is 0.0995. The van der Waals surface area contributed by atoms with Crippen molar-refractivity contribution in [2.75, 3.05) is 5.32 Å². The molecule has 7 heteroatoms. The first kappa shape index (κ1) is 14.5. The summed E-state index contributed by atoms with van der Waals surface area (Å²) in [5, 5.41) is 2.58. The van der Waals surface area contributed by atoms with Gasteiger partial charge in [-0.25, -0.2) is 4.98 Å². The van der Waals surface area contributed by atoms with Gasteiger partial charge >= 0.3 is 0 Å². The molecule has 0 spiro atoms. The van der Waals surface area contributed by atoms with E-state index in [1.165, 1.54) is 12.1 Å². The van der Waals surface area contributed by atoms with Crippen molar-refractivity contribution >= 4 is 23.5 Å². The number of carbonyl (C=O) groups is 1. The van der Waals surface area contributed by atoms with Crippen LogP contribution in [0.2, 0.25) is 0 Å². The molecule has 2 heterocycles. The van der Waals surface area contributed by atoms with Gasteiger partial charge in [-0.1, -0.05) is 11.8 Å². The largest absolute Gasteiger partial charge is 0.455 e. The lowest BCUT2D eigenvalue weighted by atomic mass is 10.3. The van der Waals surface area contributed by atoms with E-state index in [4.69, 9.17) is 4.42 Å². The molecule has 0 aromatic carbocycles. The molecular formula is C13H12F2N2O2S. The molecule has 4 nitrogen and oxygen atoms in total. The van der Waals surface area contributed by atoms with Crippen LogP contribution >= 0.6 is 11.8 Å². The van der Waals surface area contributed by atoms with Crippen molar-refractivity contribution in [2.24, 2.45) is 0 Å². The van der Waals surface area contributed by atoms with Gasteiger partial charge < -0.3 is 9.73 Å². The minimum Gasteiger partial charge on any atom is -0.455 e. The maximum absolute atomic E-state index is 12.0. The highest BCUT2D eigenvalue weighted by molar-refractivity contribution is 7.98. The number of thioether (sulfide) groups is 1. The van der Waals surface area contributed by atoms with Gasteiger partial charge in [0.2, 0.25) is 0 Å². The van der Waals surface area contributed by atoms with Crippen LogP contribution in [0.3, 0.4) is 0 Å². The molecule has 0 aliphatic rings. The Bertz CT molecular complexity index is 602. The zero-order valence-corrected chi connectivity index (χ0v) is 11.4. The van der Waals surface area contributed by atoms with E-state index in [2.05, 4.69) is 10.3 Å². The SMILES string of the molecule is Cc1ccnc(NC(=O)c2ccc(CSC(F)F)o2)c1. The van der Waals surface area contributed by atoms with Crippen molar-refractivity contribution < 1.29 is 18.0 Å². The molecular weight excluding hydrogens is 286 g/mol. The first-order valence-electron chi connectivity index (χ1n) is 5.77. The molecule has 0 aliphatic heterocycles. The molecule has 0 saturated heterocycles. The van der Waals surface area contributed by atoms with E-state index in [1.807, 2.05) is 13.0 Å². The van der Waals surface area contributed by atoms with E-state index < -0.39 is 11.7 Å². The second-order valence-electron chi connectivity index (χ2n) is 4.01. The highest BCUT2D eigenvalue weighted by atomic mass is 32.2. The summed E-state index contributed by atoms with van der Waals surface area (Å²) >= 11 is 0.444. The van der Waals surface area contributed by atoms with Gasteiger partial charge in [0.05, 0.1) is 5.75 Å². The summed E-state index contributed by atoms with van der Waals surface area (Å²) in [6, 6.07) is 6.48. The molecule has 0 unspecified atom stereocenters. The number of aromatic nitrogens is 1. The fourth-order valence-electron chi connectivity index (χ4n) is 1.51. The van der Waals surface area contributed by atoms with Crippen molar-refractivity contribution in [1.29, 1.82) is 0 Å². The minimum absolute atomic E-state index is 0.0215. The highest BCUT2D eigenvalue weighted by Gasteiger charge is 2.13. The number of aryl methyl sites for hydroxylation is 1. The smallest absolute Gasteiger partial charge is 0.292 e. The monoisotopic (exact) mass is 298 g/mol. The number of pyridine rings is 1. The van der Waals surface area contributed by atoms with Crippen LogP contribution in [0.5, 0.6) is 0 Å². The number of nitrogens with zero attached hydrogens (tertiary/aromatic N) is 1. The fourth-order valence-corrected chi connectivity index (χ4v) is 1.95. The summed E-state index contributed by atoms with van der Waals surface area (Å²) in [6.07, 6.45) is 1.58. The summed E-state index contributed by atoms with van der Waals surface area (Å²) in [7, 11) is 0. The maximum Gasteiger partial charge on any atom is 0.292 e. The van der Waals surface area contributed by atoms with E-state index in [-0.39, 0.29) is 11.5 Å². The Hall–Kier alpha value is -1.89. The number of hydrogen-bond donors (Lipinski definition) is 1. The van der Waals surface area contributed by atoms with Crippen LogP contribution in [0.4, 0.5) is 14.6 Å². The Morgan fingerprint density at radius 2 is 2.25 bits per heavy atom. The number of carbonyl (C=O) groups excluding carboxylic acids is 1. The summed E-state index contributed by atoms with van der Waals surface area (Å²) < 4.78 is 29.3. The molecule has 2 aromatic heterocycles. The third kappa shape index (κ3) is 4.06. The normalized spacial score (nSPS) is 10.8. The van der Waals surface area contributed by atoms with Gasteiger partial charge in [-0.2, -0.15) is 8.78 Å². The Morgan fingerprint density at radius 3 is 2.95 bits per heavy atom. The lowest BCUT2D eigenvalue weighted by Gasteiger charge is -2.02. The standard InChI is InChI=1S/C13H12F2N2O2S/c1-8-4-5-16-11(6-8)17-12(18)10-3-2-9(19-10)7-20-13(14)15/h2-6,13H,7H2,1H3,(H,16,17,18). The van der Waals surface area contributed by atoms with Gasteiger partial charge in [-0.05, 0) is 36.8 Å². The molecule has 0 fully saturated rings. The van der Waals surface area contributed by atoms with Crippen LogP contribution in [0.25, 0.3) is 0 Å². The van der Waals surface area contributed by atoms with Gasteiger partial charge in [0.1, 0.15) is 11.6 Å². The highest BCUT2D eigenvalue weighted by Crippen LogP contribution is 2.21. The molecule has 0 aliphatic carbocycles. The number of anilines is 1. The van der Waals surface area contributed by atoms with E-state index in [0.29, 0.717) is 23.3 Å². The van der Waals surface area contributed by atoms with Gasteiger partial charge in [0, 0.05) is 6.20 Å². The van der Waals surface area contributed by atoms with E-state index >= 15 is 0 Å². The molecule has 20 heavy (non-hydrogen) atoms. The first-order valence-corrected chi connectivity index (χ1v) is 6.82. The van der Waals surface area contributed by atoms with Crippen LogP contribution in [-0.4, -0.2) is 16.6 Å². The van der Waals surface area contributed by atoms with Crippen molar-refractivity contribution in [2.45, 2.75) is 18.4 Å². The Kier molecular flexibility index (Phi) is 4.73. The number of hydrogen-bond acceptors (Lipinski definition) is 4. The molecule has 0 bridgehead atoms. The number of nitrogens with one attached hydrogen (secondary N) is 1. The molecule has 106 valence electrons. The molecule has 1 N–H and O–H groups in total. The second kappa shape index (κ2) is 6.51. The minimum atomic E-state index is -2.46. The number of amides is 1. The van der Waals surface area contributed by atoms with Gasteiger partial charge in [0.25, 0.3) is 11.7 Å². The van der Waals surface area contributed by atoms with Gasteiger partial charge in [-0.3, -0.25) is 4.79 Å². The summed E-state index contributed by atoms with van der Waals surface area (Å²) in [5.41, 5.74) is 0.962. The van der Waals surface area contributed by atoms with Gasteiger partial charge in [0.15, 0.2) is 5.76 Å². The summed E-state index contributed by atoms with van der Waals surface area (Å²) in [6.45, 7) is 1.88. The van der Waals surface area contributed by atoms with Crippen molar-refractivity contribution in [3.05, 3.63) is 47.5 Å². The van der Waals surface area contributed by atoms with Crippen molar-refractivity contribution in [3.8, 4) is 0 Å². The summed E-state index contributed by atoms with van der Waals surface area (Å²) in [5.74, 6) is -2.09. The Balaban J connectivity index is 1.99. The second-order valence-corrected chi connectivity index (χ2v) is 4.99. The third-order valence-electron chi connectivity index (χ3n) is 2.39. The summed E-state index contributed by atoms with van der Waals surface area (Å²) in [4.78, 5) is 15.9. The molecule has 2 aromatic rings. The average molecular weight is 298 g/mol. The Morgan fingerprint density at radius 1 is 1.45 bits per heavy atom. The molecule has 1 amide bonds. The predicted molar refractivity (Wildman–Crippen MR) is 72.9 cm³/mol. The first-order chi connectivity index (χ1) is 9.54. The fraction of sp³-hybridized carbons (Fsp3) is 0.231. The van der Waals surface area contributed by atoms with E-state index in [9.17, 15) is 13.6 Å². The van der Waals surface area contributed by atoms with Crippen LogP contribution in [0.15, 0.2) is 34.9 Å². The predicted octanol–water partition coefficient (Wildman–Crippen LogP) is 3.69. The van der Waals surface area contributed by atoms with Crippen LogP contribution in [-0.2, 0) is 5.75 Å². The van der Waals surface area contributed by atoms with Crippen LogP contribution in [0, 0.1) is 6.92 Å². The number of furan rings is 1. The quantitative estimate of drug-likeness (QED) is 0.914. The zero-order valence-electron chi connectivity index (χ0n) is 10.6. The van der Waals surface area contributed by atoms with E-state index in [1.54, 1.807) is 12.3 Å². The Labute approximate surface area is 118 Å². The molecule has 0 radical (unpaired) electrons. The number of alkyl halides is 2. The zero-order chi connectivity index (χ0) is 14.5. The van der Waals surface area contributed by atoms with Crippen LogP contribution in [0.1, 0.15) is 21.9 Å². The lowest BCUT2D eigenvalue weighted by Crippen LogP contribution is -2.12. The molecule has 2 rings (SSSR count). The topological polar surface area (TPSA) is 55.1 Å². The third-order valence-corrected chi connectivity index (χ3v) is 3.10. The molecule has 0 saturated carbocycles. The average Bonchev–Trinajstić information content (AvgIpc) is 2.85. The number of rotatable bonds is 5. The maximum atomic E-state index is 12.0. The van der Waals surface area contributed by atoms with E-state index in [0.717, 1.165) is 5.56 Å². The number of halogens is 2. The van der Waals surface area contributed by atoms with Crippen molar-refractivity contribution in [3.63, 3.8) is 0 Å². The van der Waals surface area contributed by atoms with Crippen LogP contribution < -0.4 is 5.32 Å². The van der Waals surface area contributed by atoms with Gasteiger partial charge in [-0.15, -0.1) is 0 Å². The molecule has 0 atom stereocenters.